The van der Waals surface area contributed by atoms with Crippen molar-refractivity contribution in [1.82, 2.24) is 14.9 Å². The molecule has 0 bridgehead atoms. The number of aromatic nitrogens is 2. The lowest BCUT2D eigenvalue weighted by atomic mass is 10.3. The zero-order chi connectivity index (χ0) is 19.5. The average molecular weight is 417 g/mol. The van der Waals surface area contributed by atoms with E-state index in [1.54, 1.807) is 12.0 Å². The Morgan fingerprint density at radius 2 is 2.25 bits per heavy atom. The minimum atomic E-state index is -0.402. The minimum absolute atomic E-state index is 0.0324. The summed E-state index contributed by atoms with van der Waals surface area (Å²) in [7, 11) is 1.60. The first kappa shape index (κ1) is 19.1. The number of fused-ring (bicyclic) bond motifs is 1. The number of rotatable bonds is 7. The number of carbonyl (C=O) groups is 1. The third-order valence-corrected chi connectivity index (χ3v) is 6.02. The van der Waals surface area contributed by atoms with Crippen molar-refractivity contribution in [2.45, 2.75) is 22.9 Å². The highest BCUT2D eigenvalue weighted by Crippen LogP contribution is 2.38. The zero-order valence-corrected chi connectivity index (χ0v) is 16.9. The van der Waals surface area contributed by atoms with Crippen LogP contribution in [0.15, 0.2) is 56.0 Å². The number of imidazole rings is 1. The second kappa shape index (κ2) is 8.44. The van der Waals surface area contributed by atoms with Crippen molar-refractivity contribution in [3.05, 3.63) is 47.1 Å². The molecule has 0 spiro atoms. The van der Waals surface area contributed by atoms with Gasteiger partial charge in [-0.2, -0.15) is 0 Å². The fourth-order valence-electron chi connectivity index (χ4n) is 2.95. The van der Waals surface area contributed by atoms with Gasteiger partial charge in [-0.1, -0.05) is 12.1 Å². The van der Waals surface area contributed by atoms with Crippen LogP contribution in [0, 0.1) is 0 Å². The normalized spacial score (nSPS) is 18.6. The van der Waals surface area contributed by atoms with Gasteiger partial charge in [0.2, 0.25) is 0 Å². The number of furan rings is 1. The van der Waals surface area contributed by atoms with Crippen molar-refractivity contribution in [1.29, 1.82) is 0 Å². The van der Waals surface area contributed by atoms with E-state index in [0.717, 1.165) is 39.3 Å². The predicted molar refractivity (Wildman–Crippen MR) is 111 cm³/mol. The zero-order valence-electron chi connectivity index (χ0n) is 15.3. The Morgan fingerprint density at radius 3 is 3.04 bits per heavy atom. The van der Waals surface area contributed by atoms with Crippen molar-refractivity contribution in [3.8, 4) is 0 Å². The van der Waals surface area contributed by atoms with Crippen LogP contribution in [0.4, 0.5) is 4.79 Å². The van der Waals surface area contributed by atoms with Gasteiger partial charge in [-0.15, -0.1) is 0 Å². The molecule has 3 aromatic rings. The van der Waals surface area contributed by atoms with Crippen LogP contribution in [0.2, 0.25) is 0 Å². The molecule has 1 atom stereocenters. The fourth-order valence-corrected chi connectivity index (χ4v) is 4.73. The Labute approximate surface area is 170 Å². The van der Waals surface area contributed by atoms with Gasteiger partial charge in [0.15, 0.2) is 16.5 Å². The van der Waals surface area contributed by atoms with Crippen LogP contribution in [0.5, 0.6) is 0 Å². The van der Waals surface area contributed by atoms with E-state index < -0.39 is 6.23 Å². The monoisotopic (exact) mass is 416 g/mol. The number of nitrogens with zero attached hydrogens (tertiary/aromatic N) is 2. The third kappa shape index (κ3) is 3.97. The van der Waals surface area contributed by atoms with E-state index in [2.05, 4.69) is 9.97 Å². The van der Waals surface area contributed by atoms with Gasteiger partial charge < -0.3 is 24.8 Å². The van der Waals surface area contributed by atoms with Gasteiger partial charge in [-0.25, -0.2) is 4.98 Å². The highest BCUT2D eigenvalue weighted by Gasteiger charge is 2.36. The molecule has 1 saturated heterocycles. The minimum Gasteiger partial charge on any atom is -0.450 e. The summed E-state index contributed by atoms with van der Waals surface area (Å²) in [5, 5.41) is 1.45. The summed E-state index contributed by atoms with van der Waals surface area (Å²) >= 11 is 2.58. The Morgan fingerprint density at radius 1 is 1.39 bits per heavy atom. The lowest BCUT2D eigenvalue weighted by molar-refractivity contribution is 0.0359. The van der Waals surface area contributed by atoms with Gasteiger partial charge in [0.25, 0.3) is 5.24 Å². The first-order valence-electron chi connectivity index (χ1n) is 8.83. The average Bonchev–Trinajstić information content (AvgIpc) is 3.37. The van der Waals surface area contributed by atoms with Crippen molar-refractivity contribution in [2.24, 2.45) is 5.73 Å². The summed E-state index contributed by atoms with van der Waals surface area (Å²) in [4.78, 5) is 22.6. The summed E-state index contributed by atoms with van der Waals surface area (Å²) < 4.78 is 11.4. The van der Waals surface area contributed by atoms with Gasteiger partial charge in [0.05, 0.1) is 11.0 Å². The Kier molecular flexibility index (Phi) is 5.77. The first-order chi connectivity index (χ1) is 13.7. The van der Waals surface area contributed by atoms with E-state index in [-0.39, 0.29) is 5.24 Å². The van der Waals surface area contributed by atoms with Gasteiger partial charge in [-0.3, -0.25) is 4.79 Å². The smallest absolute Gasteiger partial charge is 0.288 e. The molecule has 0 aliphatic carbocycles. The molecule has 146 valence electrons. The van der Waals surface area contributed by atoms with Gasteiger partial charge >= 0.3 is 0 Å². The first-order valence-corrected chi connectivity index (χ1v) is 10.5. The molecule has 2 aromatic heterocycles. The van der Waals surface area contributed by atoms with Crippen LogP contribution >= 0.6 is 23.5 Å². The number of nitrogens with one attached hydrogen (secondary N) is 1. The van der Waals surface area contributed by atoms with E-state index in [9.17, 15) is 4.79 Å². The van der Waals surface area contributed by atoms with Crippen molar-refractivity contribution < 1.29 is 13.9 Å². The molecule has 1 amide bonds. The maximum atomic E-state index is 12.3. The summed E-state index contributed by atoms with van der Waals surface area (Å²) in [6.45, 7) is 1.11. The molecule has 1 unspecified atom stereocenters. The molecule has 1 fully saturated rings. The molecule has 0 radical (unpaired) electrons. The number of amides is 1. The lowest BCUT2D eigenvalue weighted by Gasteiger charge is -2.22. The SMILES string of the molecule is COC1/C(=C/c2ccc(Sc3nc4ccccc4[nH]3)o2)SC(=O)N1CCCN. The quantitative estimate of drug-likeness (QED) is 0.597. The van der Waals surface area contributed by atoms with Gasteiger partial charge in [-0.05, 0) is 66.8 Å². The number of methoxy groups -OCH3 is 1. The highest BCUT2D eigenvalue weighted by molar-refractivity contribution is 8.17. The number of H-pyrrole nitrogens is 1. The number of hydrogen-bond donors (Lipinski definition) is 2. The number of carbonyl (C=O) groups excluding carboxylic acids is 1. The molecule has 3 N–H and O–H groups in total. The molecule has 28 heavy (non-hydrogen) atoms. The number of nitrogens with two attached hydrogens (primary N) is 1. The third-order valence-electron chi connectivity index (χ3n) is 4.24. The molecule has 4 rings (SSSR count). The summed E-state index contributed by atoms with van der Waals surface area (Å²) in [6, 6.07) is 11.6. The Balaban J connectivity index is 1.49. The van der Waals surface area contributed by atoms with Crippen LogP contribution in [-0.4, -0.2) is 46.5 Å². The van der Waals surface area contributed by atoms with Gasteiger partial charge in [0.1, 0.15) is 5.76 Å². The fraction of sp³-hybridized carbons (Fsp3) is 0.263. The molecule has 1 aliphatic heterocycles. The van der Waals surface area contributed by atoms with Crippen LogP contribution in [-0.2, 0) is 4.74 Å². The summed E-state index contributed by atoms with van der Waals surface area (Å²) in [5.74, 6) is 0.664. The van der Waals surface area contributed by atoms with Gasteiger partial charge in [0, 0.05) is 18.6 Å². The maximum absolute atomic E-state index is 12.3. The van der Waals surface area contributed by atoms with Crippen LogP contribution in [0.25, 0.3) is 17.1 Å². The van der Waals surface area contributed by atoms with Crippen molar-refractivity contribution in [2.75, 3.05) is 20.2 Å². The number of thioether (sulfide) groups is 1. The van der Waals surface area contributed by atoms with E-state index in [1.807, 2.05) is 42.5 Å². The van der Waals surface area contributed by atoms with Crippen LogP contribution in [0.1, 0.15) is 12.2 Å². The second-order valence-corrected chi connectivity index (χ2v) is 8.17. The van der Waals surface area contributed by atoms with E-state index in [0.29, 0.717) is 23.9 Å². The largest absolute Gasteiger partial charge is 0.450 e. The molecule has 0 saturated carbocycles. The van der Waals surface area contributed by atoms with E-state index in [1.165, 1.54) is 11.8 Å². The van der Waals surface area contributed by atoms with Crippen molar-refractivity contribution in [3.63, 3.8) is 0 Å². The molecule has 1 aromatic carbocycles. The number of hydrogen-bond acceptors (Lipinski definition) is 7. The van der Waals surface area contributed by atoms with Crippen LogP contribution in [0.3, 0.4) is 0 Å². The van der Waals surface area contributed by atoms with E-state index in [4.69, 9.17) is 14.9 Å². The Hall–Kier alpha value is -2.20. The number of para-hydroxylation sites is 2. The molecule has 7 nitrogen and oxygen atoms in total. The highest BCUT2D eigenvalue weighted by atomic mass is 32.2. The number of aromatic amines is 1. The molecular weight excluding hydrogens is 396 g/mol. The molecule has 1 aliphatic rings. The maximum Gasteiger partial charge on any atom is 0.288 e. The Bertz CT molecular complexity index is 980. The lowest BCUT2D eigenvalue weighted by Crippen LogP contribution is -2.35. The standard InChI is InChI=1S/C19H20N4O3S2/c1-25-17-15(27-19(24)23(17)10-4-9-20)11-12-7-8-16(26-12)28-18-21-13-5-2-3-6-14(13)22-18/h2-3,5-8,11,17H,4,9-10,20H2,1H3,(H,21,22)/b15-11-. The molecule has 3 heterocycles. The molecular formula is C19H20N4O3S2. The molecule has 9 heteroatoms. The second-order valence-electron chi connectivity index (χ2n) is 6.16. The van der Waals surface area contributed by atoms with E-state index >= 15 is 0 Å². The summed E-state index contributed by atoms with van der Waals surface area (Å²) in [5.41, 5.74) is 7.47. The van der Waals surface area contributed by atoms with Crippen molar-refractivity contribution >= 4 is 45.9 Å². The number of benzene rings is 1. The van der Waals surface area contributed by atoms with Crippen LogP contribution < -0.4 is 5.73 Å². The topological polar surface area (TPSA) is 97.4 Å². The number of ether oxygens (including phenoxy) is 1. The predicted octanol–water partition coefficient (Wildman–Crippen LogP) is 4.14. The summed E-state index contributed by atoms with van der Waals surface area (Å²) in [6.07, 6.45) is 2.18.